The molecular formula is C10H7ClN4O4. The lowest BCUT2D eigenvalue weighted by molar-refractivity contribution is -0.384. The van der Waals surface area contributed by atoms with E-state index in [0.717, 1.165) is 10.7 Å². The Balaban J connectivity index is 2.60. The van der Waals surface area contributed by atoms with Crippen molar-refractivity contribution < 1.29 is 14.5 Å². The monoisotopic (exact) mass is 282 g/mol. The lowest BCUT2D eigenvalue weighted by atomic mass is 10.3. The zero-order valence-corrected chi connectivity index (χ0v) is 10.4. The van der Waals surface area contributed by atoms with Crippen molar-refractivity contribution in [1.82, 2.24) is 14.8 Å². The number of rotatable bonds is 3. The number of nitro groups is 1. The van der Waals surface area contributed by atoms with Crippen LogP contribution in [0.5, 0.6) is 0 Å². The molecule has 98 valence electrons. The molecule has 9 heteroatoms. The summed E-state index contributed by atoms with van der Waals surface area (Å²) in [7, 11) is 1.19. The highest BCUT2D eigenvalue weighted by Gasteiger charge is 2.21. The molecule has 2 rings (SSSR count). The van der Waals surface area contributed by atoms with Crippen molar-refractivity contribution in [2.24, 2.45) is 0 Å². The fourth-order valence-corrected chi connectivity index (χ4v) is 1.52. The number of ether oxygens (including phenoxy) is 1. The molecule has 0 aliphatic carbocycles. The minimum Gasteiger partial charge on any atom is -0.464 e. The number of carbonyl (C=O) groups is 1. The quantitative estimate of drug-likeness (QED) is 0.482. The Hall–Kier alpha value is -2.48. The lowest BCUT2D eigenvalue weighted by Crippen LogP contribution is -2.10. The number of aromatic nitrogens is 3. The van der Waals surface area contributed by atoms with E-state index in [1.807, 2.05) is 0 Å². The third-order valence-electron chi connectivity index (χ3n) is 2.21. The molecule has 0 aromatic carbocycles. The van der Waals surface area contributed by atoms with Gasteiger partial charge in [-0.25, -0.2) is 14.5 Å². The summed E-state index contributed by atoms with van der Waals surface area (Å²) in [5.74, 6) is -0.811. The first-order valence-corrected chi connectivity index (χ1v) is 5.35. The van der Waals surface area contributed by atoms with E-state index in [1.165, 1.54) is 25.6 Å². The predicted molar refractivity (Wildman–Crippen MR) is 64.4 cm³/mol. The van der Waals surface area contributed by atoms with Gasteiger partial charge in [0.25, 0.3) is 0 Å². The number of carbonyl (C=O) groups excluding carboxylic acids is 1. The molecule has 19 heavy (non-hydrogen) atoms. The fourth-order valence-electron chi connectivity index (χ4n) is 1.39. The normalized spacial score (nSPS) is 10.2. The number of pyridine rings is 1. The molecule has 0 bridgehead atoms. The van der Waals surface area contributed by atoms with Gasteiger partial charge in [0.1, 0.15) is 0 Å². The number of nitrogens with zero attached hydrogens (tertiary/aromatic N) is 4. The van der Waals surface area contributed by atoms with E-state index in [4.69, 9.17) is 11.6 Å². The molecule has 2 aromatic rings. The van der Waals surface area contributed by atoms with Gasteiger partial charge in [0.05, 0.1) is 29.4 Å². The average molecular weight is 283 g/mol. The van der Waals surface area contributed by atoms with Crippen LogP contribution in [0.1, 0.15) is 10.5 Å². The molecule has 8 nitrogen and oxygen atoms in total. The third-order valence-corrected chi connectivity index (χ3v) is 2.41. The van der Waals surface area contributed by atoms with Gasteiger partial charge in [0, 0.05) is 6.07 Å². The number of methoxy groups -OCH3 is 1. The Kier molecular flexibility index (Phi) is 3.43. The number of hydrogen-bond donors (Lipinski definition) is 0. The largest absolute Gasteiger partial charge is 0.464 e. The van der Waals surface area contributed by atoms with Gasteiger partial charge in [0.15, 0.2) is 5.69 Å². The Labute approximate surface area is 111 Å². The van der Waals surface area contributed by atoms with Crippen LogP contribution < -0.4 is 0 Å². The van der Waals surface area contributed by atoms with Crippen LogP contribution in [-0.4, -0.2) is 32.8 Å². The number of halogens is 1. The van der Waals surface area contributed by atoms with Crippen molar-refractivity contribution in [2.45, 2.75) is 0 Å². The second-order valence-electron chi connectivity index (χ2n) is 3.39. The highest BCUT2D eigenvalue weighted by molar-refractivity contribution is 6.30. The van der Waals surface area contributed by atoms with Crippen LogP contribution in [0.15, 0.2) is 24.5 Å². The smallest absolute Gasteiger partial charge is 0.356 e. The summed E-state index contributed by atoms with van der Waals surface area (Å²) in [4.78, 5) is 25.5. The minimum atomic E-state index is -0.700. The maximum absolute atomic E-state index is 11.4. The van der Waals surface area contributed by atoms with Crippen LogP contribution in [0.25, 0.3) is 5.82 Å². The van der Waals surface area contributed by atoms with Gasteiger partial charge in [-0.1, -0.05) is 11.6 Å². The van der Waals surface area contributed by atoms with Crippen molar-refractivity contribution in [1.29, 1.82) is 0 Å². The van der Waals surface area contributed by atoms with Crippen LogP contribution >= 0.6 is 11.6 Å². The van der Waals surface area contributed by atoms with E-state index in [0.29, 0.717) is 5.02 Å². The zero-order valence-electron chi connectivity index (χ0n) is 9.61. The summed E-state index contributed by atoms with van der Waals surface area (Å²) in [6.45, 7) is 0. The van der Waals surface area contributed by atoms with E-state index in [9.17, 15) is 14.9 Å². The Bertz CT molecular complexity index is 655. The standard InChI is InChI=1S/C10H7ClN4O4/c1-19-10(16)7-2-3-8(15(17)18)9(13-7)14-5-6(11)4-12-14/h2-5H,1H3. The Morgan fingerprint density at radius 2 is 2.26 bits per heavy atom. The number of hydrogen-bond acceptors (Lipinski definition) is 6. The highest BCUT2D eigenvalue weighted by atomic mass is 35.5. The molecule has 0 saturated carbocycles. The maximum Gasteiger partial charge on any atom is 0.356 e. The van der Waals surface area contributed by atoms with E-state index < -0.39 is 10.9 Å². The summed E-state index contributed by atoms with van der Waals surface area (Å²) in [6.07, 6.45) is 2.65. The molecule has 0 atom stereocenters. The third kappa shape index (κ3) is 2.52. The van der Waals surface area contributed by atoms with Crippen LogP contribution in [0.2, 0.25) is 5.02 Å². The SMILES string of the molecule is COC(=O)c1ccc([N+](=O)[O-])c(-n2cc(Cl)cn2)n1. The average Bonchev–Trinajstić information content (AvgIpc) is 2.83. The second kappa shape index (κ2) is 5.02. The van der Waals surface area contributed by atoms with Gasteiger partial charge in [-0.2, -0.15) is 5.10 Å². The molecule has 0 unspecified atom stereocenters. The molecule has 0 spiro atoms. The van der Waals surface area contributed by atoms with Crippen LogP contribution in [0, 0.1) is 10.1 Å². The van der Waals surface area contributed by atoms with Gasteiger partial charge in [0.2, 0.25) is 5.82 Å². The van der Waals surface area contributed by atoms with Gasteiger partial charge < -0.3 is 4.74 Å². The van der Waals surface area contributed by atoms with E-state index in [-0.39, 0.29) is 17.2 Å². The van der Waals surface area contributed by atoms with Crippen LogP contribution in [0.4, 0.5) is 5.69 Å². The first-order valence-electron chi connectivity index (χ1n) is 4.97. The molecule has 0 aliphatic rings. The maximum atomic E-state index is 11.4. The van der Waals surface area contributed by atoms with Crippen molar-refractivity contribution in [2.75, 3.05) is 7.11 Å². The molecule has 2 heterocycles. The summed E-state index contributed by atoms with van der Waals surface area (Å²) >= 11 is 5.70. The van der Waals surface area contributed by atoms with Gasteiger partial charge in [-0.15, -0.1) is 0 Å². The van der Waals surface area contributed by atoms with Crippen molar-refractivity contribution >= 4 is 23.3 Å². The van der Waals surface area contributed by atoms with Gasteiger partial charge in [-0.05, 0) is 6.07 Å². The minimum absolute atomic E-state index is 0.0604. The zero-order chi connectivity index (χ0) is 14.0. The topological polar surface area (TPSA) is 100 Å². The summed E-state index contributed by atoms with van der Waals surface area (Å²) in [6, 6.07) is 2.36. The fraction of sp³-hybridized carbons (Fsp3) is 0.100. The Morgan fingerprint density at radius 1 is 1.53 bits per heavy atom. The second-order valence-corrected chi connectivity index (χ2v) is 3.83. The molecule has 0 aliphatic heterocycles. The molecule has 0 amide bonds. The van der Waals surface area contributed by atoms with E-state index in [2.05, 4.69) is 14.8 Å². The van der Waals surface area contributed by atoms with Crippen molar-refractivity contribution in [3.63, 3.8) is 0 Å². The molecule has 2 aromatic heterocycles. The first kappa shape index (κ1) is 13.0. The summed E-state index contributed by atoms with van der Waals surface area (Å²) in [5.41, 5.74) is -0.359. The van der Waals surface area contributed by atoms with E-state index >= 15 is 0 Å². The highest BCUT2D eigenvalue weighted by Crippen LogP contribution is 2.22. The first-order chi connectivity index (χ1) is 9.02. The van der Waals surface area contributed by atoms with Crippen LogP contribution in [-0.2, 0) is 4.74 Å². The van der Waals surface area contributed by atoms with E-state index in [1.54, 1.807) is 0 Å². The van der Waals surface area contributed by atoms with Crippen molar-refractivity contribution in [3.8, 4) is 5.82 Å². The molecule has 0 N–H and O–H groups in total. The van der Waals surface area contributed by atoms with Gasteiger partial charge in [-0.3, -0.25) is 10.1 Å². The summed E-state index contributed by atoms with van der Waals surface area (Å²) in [5, 5.41) is 15.0. The molecule has 0 radical (unpaired) electrons. The molecule has 0 saturated heterocycles. The summed E-state index contributed by atoms with van der Waals surface area (Å²) < 4.78 is 5.62. The Morgan fingerprint density at radius 3 is 2.79 bits per heavy atom. The lowest BCUT2D eigenvalue weighted by Gasteiger charge is -2.04. The predicted octanol–water partition coefficient (Wildman–Crippen LogP) is 1.62. The number of esters is 1. The van der Waals surface area contributed by atoms with Crippen LogP contribution in [0.3, 0.4) is 0 Å². The van der Waals surface area contributed by atoms with Gasteiger partial charge >= 0.3 is 11.7 Å². The van der Waals surface area contributed by atoms with Crippen molar-refractivity contribution in [3.05, 3.63) is 45.4 Å². The molecular weight excluding hydrogens is 276 g/mol. The molecule has 0 fully saturated rings.